The predicted molar refractivity (Wildman–Crippen MR) is 120 cm³/mol. The maximum absolute atomic E-state index is 14.1. The number of ether oxygens (including phenoxy) is 1. The van der Waals surface area contributed by atoms with Crippen LogP contribution in [0.2, 0.25) is 0 Å². The molecule has 15 heteroatoms. The fraction of sp³-hybridized carbons (Fsp3) is 0.364. The lowest BCUT2D eigenvalue weighted by Crippen LogP contribution is -2.52. The van der Waals surface area contributed by atoms with Gasteiger partial charge < -0.3 is 25.8 Å². The van der Waals surface area contributed by atoms with Crippen LogP contribution in [0.25, 0.3) is 22.3 Å². The molecule has 1 fully saturated rings. The van der Waals surface area contributed by atoms with Gasteiger partial charge in [-0.25, -0.2) is 9.78 Å². The third kappa shape index (κ3) is 5.16. The monoisotopic (exact) mass is 530 g/mol. The van der Waals surface area contributed by atoms with Crippen molar-refractivity contribution in [1.29, 1.82) is 0 Å². The van der Waals surface area contributed by atoms with Gasteiger partial charge in [-0.2, -0.15) is 36.3 Å². The van der Waals surface area contributed by atoms with E-state index in [0.717, 1.165) is 17.0 Å². The second-order valence-corrected chi connectivity index (χ2v) is 8.14. The number of fused-ring (bicyclic) bond motifs is 1. The van der Waals surface area contributed by atoms with E-state index in [0.29, 0.717) is 5.39 Å². The molecule has 1 saturated heterocycles. The summed E-state index contributed by atoms with van der Waals surface area (Å²) < 4.78 is 85.7. The van der Waals surface area contributed by atoms with E-state index in [1.54, 1.807) is 7.05 Å². The summed E-state index contributed by atoms with van der Waals surface area (Å²) in [6.45, 7) is -0.103. The molecule has 0 amide bonds. The molecular weight excluding hydrogens is 510 g/mol. The summed E-state index contributed by atoms with van der Waals surface area (Å²) in [4.78, 5) is 24.8. The first-order valence-electron chi connectivity index (χ1n) is 10.9. The molecule has 1 aromatic carbocycles. The zero-order valence-electron chi connectivity index (χ0n) is 19.1. The summed E-state index contributed by atoms with van der Waals surface area (Å²) in [6.07, 6.45) is -13.6. The van der Waals surface area contributed by atoms with Crippen molar-refractivity contribution in [2.75, 3.05) is 29.5 Å². The third-order valence-corrected chi connectivity index (χ3v) is 5.72. The van der Waals surface area contributed by atoms with Gasteiger partial charge in [0.25, 0.3) is 0 Å². The predicted octanol–water partition coefficient (Wildman–Crippen LogP) is 3.73. The second-order valence-electron chi connectivity index (χ2n) is 8.14. The van der Waals surface area contributed by atoms with E-state index in [1.165, 1.54) is 18.2 Å². The molecule has 198 valence electrons. The lowest BCUT2D eigenvalue weighted by molar-refractivity contribution is -0.210. The van der Waals surface area contributed by atoms with Gasteiger partial charge in [-0.3, -0.25) is 0 Å². The summed E-state index contributed by atoms with van der Waals surface area (Å²) in [5.41, 5.74) is 3.55. The molecule has 1 aliphatic heterocycles. The number of aromatic nitrogens is 3. The van der Waals surface area contributed by atoms with E-state index in [4.69, 9.17) is 5.73 Å². The Labute approximate surface area is 205 Å². The van der Waals surface area contributed by atoms with Crippen LogP contribution in [0.15, 0.2) is 30.3 Å². The molecule has 0 radical (unpaired) electrons. The molecule has 0 aliphatic carbocycles. The minimum Gasteiger partial charge on any atom is -0.432 e. The average molecular weight is 530 g/mol. The van der Waals surface area contributed by atoms with Gasteiger partial charge in [0.05, 0.1) is 16.6 Å². The first kappa shape index (κ1) is 26.2. The Morgan fingerprint density at radius 3 is 2.51 bits per heavy atom. The normalized spacial score (nSPS) is 18.6. The second kappa shape index (κ2) is 9.53. The number of alkyl halides is 6. The number of carbonyl (C=O) groups is 1. The number of piperidine rings is 1. The highest BCUT2D eigenvalue weighted by Crippen LogP contribution is 2.44. The number of anilines is 3. The van der Waals surface area contributed by atoms with Gasteiger partial charge >= 0.3 is 18.3 Å². The summed E-state index contributed by atoms with van der Waals surface area (Å²) >= 11 is 0. The first-order valence-corrected chi connectivity index (χ1v) is 10.9. The third-order valence-electron chi connectivity index (χ3n) is 5.72. The van der Waals surface area contributed by atoms with Crippen molar-refractivity contribution in [3.63, 3.8) is 0 Å². The van der Waals surface area contributed by atoms with Crippen LogP contribution in [0.3, 0.4) is 0 Å². The number of carbonyl (C=O) groups excluding carboxylic acids is 1. The van der Waals surface area contributed by atoms with Gasteiger partial charge in [0, 0.05) is 24.8 Å². The number of nitrogen functional groups attached to an aromatic ring is 1. The summed E-state index contributed by atoms with van der Waals surface area (Å²) in [5.74, 6) is -2.49. The fourth-order valence-corrected chi connectivity index (χ4v) is 4.17. The van der Waals surface area contributed by atoms with E-state index >= 15 is 0 Å². The maximum atomic E-state index is 14.1. The molecule has 2 atom stereocenters. The lowest BCUT2D eigenvalue weighted by atomic mass is 9.97. The number of hydrogen-bond acceptors (Lipinski definition) is 9. The van der Waals surface area contributed by atoms with Crippen LogP contribution in [0.1, 0.15) is 18.4 Å². The van der Waals surface area contributed by atoms with Crippen LogP contribution in [-0.4, -0.2) is 58.1 Å². The maximum Gasteiger partial charge on any atom is 0.491 e. The molecule has 37 heavy (non-hydrogen) atoms. The zero-order chi connectivity index (χ0) is 27.1. The van der Waals surface area contributed by atoms with E-state index in [9.17, 15) is 36.2 Å². The molecule has 4 N–H and O–H groups in total. The molecule has 2 aromatic heterocycles. The van der Waals surface area contributed by atoms with E-state index in [2.05, 4.69) is 25.0 Å². The number of pyridine rings is 1. The van der Waals surface area contributed by atoms with Crippen LogP contribution in [0.5, 0.6) is 0 Å². The van der Waals surface area contributed by atoms with Gasteiger partial charge in [0.1, 0.15) is 11.9 Å². The molecule has 0 bridgehead atoms. The number of aliphatic hydroxyl groups excluding tert-OH is 1. The largest absolute Gasteiger partial charge is 0.491 e. The van der Waals surface area contributed by atoms with Crippen molar-refractivity contribution in [2.45, 2.75) is 37.5 Å². The number of aliphatic hydroxyl groups is 1. The Hall–Kier alpha value is -3.88. The molecule has 3 heterocycles. The lowest BCUT2D eigenvalue weighted by Gasteiger charge is -2.40. The van der Waals surface area contributed by atoms with Gasteiger partial charge in [-0.15, -0.1) is 0 Å². The number of hydrogen-bond donors (Lipinski definition) is 3. The molecule has 0 saturated carbocycles. The molecule has 4 rings (SSSR count). The highest BCUT2D eigenvalue weighted by atomic mass is 19.4. The first-order chi connectivity index (χ1) is 17.3. The number of rotatable bonds is 4. The number of benzene rings is 1. The zero-order valence-corrected chi connectivity index (χ0v) is 19.1. The Morgan fingerprint density at radius 2 is 1.86 bits per heavy atom. The number of halogens is 6. The molecule has 2 unspecified atom stereocenters. The van der Waals surface area contributed by atoms with E-state index < -0.39 is 41.8 Å². The van der Waals surface area contributed by atoms with Gasteiger partial charge in [0.15, 0.2) is 5.65 Å². The molecule has 9 nitrogen and oxygen atoms in total. The molecule has 1 aliphatic rings. The molecular formula is C22H20F6N6O3. The Kier molecular flexibility index (Phi) is 6.75. The van der Waals surface area contributed by atoms with Gasteiger partial charge in [-0.05, 0) is 37.1 Å². The number of esters is 1. The number of nitrogens with two attached hydrogens (primary N) is 1. The standard InChI is InChI=1S/C22H20F6N6O3/c1-30-16-10-7-8-12(31-17(10)33-20(29)32-16)15-11(21(23,24)25)4-2-5-13(15)34-9-3-6-14(35)18(34)37-19(36)22(26,27)28/h2,4-5,7-8,14,18,35H,3,6,9H2,1H3,(H3,29,30,31,32,33). The summed E-state index contributed by atoms with van der Waals surface area (Å²) in [5, 5.41) is 13.5. The smallest absolute Gasteiger partial charge is 0.432 e. The number of nitrogens with zero attached hydrogens (tertiary/aromatic N) is 4. The quantitative estimate of drug-likeness (QED) is 0.342. The van der Waals surface area contributed by atoms with Crippen molar-refractivity contribution in [2.24, 2.45) is 0 Å². The van der Waals surface area contributed by atoms with E-state index in [1.807, 2.05) is 0 Å². The summed E-state index contributed by atoms with van der Waals surface area (Å²) in [7, 11) is 1.55. The SMILES string of the molecule is CNc1nc(N)nc2nc(-c3c(N4CCCC(O)C4OC(=O)C(F)(F)F)cccc3C(F)(F)F)ccc12. The van der Waals surface area contributed by atoms with Crippen LogP contribution in [0.4, 0.5) is 43.8 Å². The van der Waals surface area contributed by atoms with Crippen LogP contribution < -0.4 is 16.0 Å². The summed E-state index contributed by atoms with van der Waals surface area (Å²) in [6, 6.07) is 5.76. The Morgan fingerprint density at radius 1 is 1.14 bits per heavy atom. The van der Waals surface area contributed by atoms with Crippen molar-refractivity contribution in [3.05, 3.63) is 35.9 Å². The minimum atomic E-state index is -5.37. The van der Waals surface area contributed by atoms with Crippen molar-refractivity contribution in [1.82, 2.24) is 15.0 Å². The van der Waals surface area contributed by atoms with Gasteiger partial charge in [-0.1, -0.05) is 6.07 Å². The molecule has 0 spiro atoms. The van der Waals surface area contributed by atoms with Crippen molar-refractivity contribution in [3.8, 4) is 11.3 Å². The molecule has 3 aromatic rings. The van der Waals surface area contributed by atoms with Gasteiger partial charge in [0.2, 0.25) is 12.2 Å². The van der Waals surface area contributed by atoms with Crippen LogP contribution in [0, 0.1) is 0 Å². The van der Waals surface area contributed by atoms with Crippen molar-refractivity contribution < 1.29 is 41.0 Å². The highest BCUT2D eigenvalue weighted by molar-refractivity contribution is 5.91. The fourth-order valence-electron chi connectivity index (χ4n) is 4.17. The Bertz CT molecular complexity index is 1330. The number of nitrogens with one attached hydrogen (secondary N) is 1. The highest BCUT2D eigenvalue weighted by Gasteiger charge is 2.46. The van der Waals surface area contributed by atoms with Crippen LogP contribution >= 0.6 is 0 Å². The van der Waals surface area contributed by atoms with E-state index in [-0.39, 0.29) is 48.2 Å². The topological polar surface area (TPSA) is 126 Å². The van der Waals surface area contributed by atoms with Crippen LogP contribution in [-0.2, 0) is 15.7 Å². The Balaban J connectivity index is 1.92. The average Bonchev–Trinajstić information content (AvgIpc) is 2.82. The minimum absolute atomic E-state index is 0.0299. The van der Waals surface area contributed by atoms with Crippen molar-refractivity contribution >= 4 is 34.5 Å².